The van der Waals surface area contributed by atoms with Gasteiger partial charge in [0, 0.05) is 6.54 Å². The third kappa shape index (κ3) is 6.03. The van der Waals surface area contributed by atoms with Crippen LogP contribution in [0.3, 0.4) is 0 Å². The van der Waals surface area contributed by atoms with Crippen LogP contribution in [0, 0.1) is 6.92 Å². The van der Waals surface area contributed by atoms with Crippen molar-refractivity contribution in [2.75, 3.05) is 19.8 Å². The zero-order valence-electron chi connectivity index (χ0n) is 14.5. The first-order valence-corrected chi connectivity index (χ1v) is 9.58. The molecular weight excluding hydrogens is 383 g/mol. The van der Waals surface area contributed by atoms with Crippen molar-refractivity contribution in [1.29, 1.82) is 0 Å². The van der Waals surface area contributed by atoms with Gasteiger partial charge in [-0.05, 0) is 36.8 Å². The highest BCUT2D eigenvalue weighted by Crippen LogP contribution is 2.29. The summed E-state index contributed by atoms with van der Waals surface area (Å²) in [5.41, 5.74) is 0.805. The van der Waals surface area contributed by atoms with Crippen molar-refractivity contribution < 1.29 is 31.4 Å². The molecule has 0 saturated heterocycles. The molecule has 0 bridgehead atoms. The molecule has 1 atom stereocenters. The number of alkyl halides is 3. The number of aliphatic hydroxyl groups is 1. The molecule has 9 heteroatoms. The second-order valence-corrected chi connectivity index (χ2v) is 7.63. The van der Waals surface area contributed by atoms with E-state index in [1.165, 1.54) is 0 Å². The Balaban J connectivity index is 2.13. The zero-order chi connectivity index (χ0) is 20.1. The predicted molar refractivity (Wildman–Crippen MR) is 93.6 cm³/mol. The zero-order valence-corrected chi connectivity index (χ0v) is 15.3. The minimum atomic E-state index is -4.54. The van der Waals surface area contributed by atoms with Crippen LogP contribution in [0.2, 0.25) is 0 Å². The highest BCUT2D eigenvalue weighted by molar-refractivity contribution is 7.89. The lowest BCUT2D eigenvalue weighted by atomic mass is 10.1. The first-order chi connectivity index (χ1) is 12.6. The van der Waals surface area contributed by atoms with E-state index < -0.39 is 27.9 Å². The molecule has 2 N–H and O–H groups in total. The summed E-state index contributed by atoms with van der Waals surface area (Å²) in [7, 11) is -4.02. The van der Waals surface area contributed by atoms with E-state index in [1.807, 2.05) is 19.1 Å². The number of aliphatic hydroxyl groups excluding tert-OH is 1. The molecular formula is C18H20F3NO4S. The van der Waals surface area contributed by atoms with Crippen molar-refractivity contribution in [3.05, 3.63) is 65.2 Å². The average molecular weight is 403 g/mol. The molecule has 5 nitrogen and oxygen atoms in total. The number of halogens is 3. The van der Waals surface area contributed by atoms with Gasteiger partial charge in [-0.15, -0.1) is 0 Å². The van der Waals surface area contributed by atoms with E-state index in [0.29, 0.717) is 17.7 Å². The van der Waals surface area contributed by atoms with E-state index in [-0.39, 0.29) is 24.7 Å². The molecule has 0 aliphatic carbocycles. The Morgan fingerprint density at radius 3 is 2.19 bits per heavy atom. The Kier molecular flexibility index (Phi) is 6.99. The summed E-state index contributed by atoms with van der Waals surface area (Å²) in [6.07, 6.45) is -5.19. The molecule has 0 aliphatic rings. The van der Waals surface area contributed by atoms with Crippen LogP contribution >= 0.6 is 0 Å². The van der Waals surface area contributed by atoms with Gasteiger partial charge in [-0.1, -0.05) is 29.8 Å². The minimum absolute atomic E-state index is 0.0144. The molecule has 0 saturated carbocycles. The molecule has 148 valence electrons. The summed E-state index contributed by atoms with van der Waals surface area (Å²) >= 11 is 0. The van der Waals surface area contributed by atoms with E-state index in [9.17, 15) is 21.6 Å². The highest BCUT2D eigenvalue weighted by atomic mass is 32.2. The van der Waals surface area contributed by atoms with Crippen molar-refractivity contribution >= 4 is 10.0 Å². The van der Waals surface area contributed by atoms with Crippen LogP contribution in [0.25, 0.3) is 0 Å². The fourth-order valence-corrected chi connectivity index (χ4v) is 3.37. The molecule has 0 aromatic heterocycles. The fraction of sp³-hybridized carbons (Fsp3) is 0.333. The van der Waals surface area contributed by atoms with Crippen LogP contribution in [0.1, 0.15) is 22.8 Å². The quantitative estimate of drug-likeness (QED) is 0.711. The van der Waals surface area contributed by atoms with E-state index in [4.69, 9.17) is 9.84 Å². The number of sulfonamides is 1. The maximum atomic E-state index is 12.6. The van der Waals surface area contributed by atoms with Gasteiger partial charge in [0.15, 0.2) is 0 Å². The molecule has 0 fully saturated rings. The maximum Gasteiger partial charge on any atom is 0.416 e. The summed E-state index contributed by atoms with van der Waals surface area (Å²) in [4.78, 5) is -0.277. The van der Waals surface area contributed by atoms with Gasteiger partial charge in [0.2, 0.25) is 10.0 Å². The standard InChI is InChI=1S/C18H20F3NO4S/c1-13-2-4-14(5-3-13)17(26-11-10-23)12-22-27(24,25)16-8-6-15(7-9-16)18(19,20)21/h2-9,17,22-23H,10-12H2,1H3/t17-/m0/s1. The first-order valence-electron chi connectivity index (χ1n) is 8.09. The normalized spacial score (nSPS) is 13.5. The number of aryl methyl sites for hydroxylation is 1. The molecule has 2 rings (SSSR count). The Morgan fingerprint density at radius 1 is 1.07 bits per heavy atom. The number of hydrogen-bond donors (Lipinski definition) is 2. The topological polar surface area (TPSA) is 75.6 Å². The van der Waals surface area contributed by atoms with Crippen LogP contribution in [0.15, 0.2) is 53.4 Å². The monoisotopic (exact) mass is 403 g/mol. The van der Waals surface area contributed by atoms with Gasteiger partial charge in [-0.2, -0.15) is 13.2 Å². The van der Waals surface area contributed by atoms with Crippen molar-refractivity contribution in [2.24, 2.45) is 0 Å². The lowest BCUT2D eigenvalue weighted by Gasteiger charge is -2.19. The van der Waals surface area contributed by atoms with Crippen LogP contribution in [-0.4, -0.2) is 33.3 Å². The lowest BCUT2D eigenvalue weighted by molar-refractivity contribution is -0.137. The molecule has 0 aliphatic heterocycles. The molecule has 2 aromatic carbocycles. The van der Waals surface area contributed by atoms with Gasteiger partial charge in [-0.3, -0.25) is 0 Å². The van der Waals surface area contributed by atoms with Crippen molar-refractivity contribution in [2.45, 2.75) is 24.1 Å². The number of benzene rings is 2. The summed E-state index contributed by atoms with van der Waals surface area (Å²) in [6, 6.07) is 10.5. The van der Waals surface area contributed by atoms with Crippen molar-refractivity contribution in [1.82, 2.24) is 4.72 Å². The molecule has 0 amide bonds. The van der Waals surface area contributed by atoms with Gasteiger partial charge in [-0.25, -0.2) is 13.1 Å². The molecule has 0 spiro atoms. The van der Waals surface area contributed by atoms with E-state index >= 15 is 0 Å². The lowest BCUT2D eigenvalue weighted by Crippen LogP contribution is -2.30. The van der Waals surface area contributed by atoms with Crippen LogP contribution in [0.4, 0.5) is 13.2 Å². The van der Waals surface area contributed by atoms with E-state index in [1.54, 1.807) is 12.1 Å². The van der Waals surface area contributed by atoms with E-state index in [0.717, 1.165) is 17.7 Å². The smallest absolute Gasteiger partial charge is 0.394 e. The third-order valence-corrected chi connectivity index (χ3v) is 5.25. The second kappa shape index (κ2) is 8.83. The SMILES string of the molecule is Cc1ccc([C@H](CNS(=O)(=O)c2ccc(C(F)(F)F)cc2)OCCO)cc1. The average Bonchev–Trinajstić information content (AvgIpc) is 2.62. The van der Waals surface area contributed by atoms with Crippen LogP contribution < -0.4 is 4.72 Å². The number of ether oxygens (including phenoxy) is 1. The molecule has 0 unspecified atom stereocenters. The summed E-state index contributed by atoms with van der Waals surface area (Å²) in [5.74, 6) is 0. The van der Waals surface area contributed by atoms with Gasteiger partial charge in [0.05, 0.1) is 29.8 Å². The third-order valence-electron chi connectivity index (χ3n) is 3.81. The first kappa shape index (κ1) is 21.4. The summed E-state index contributed by atoms with van der Waals surface area (Å²) in [6.45, 7) is 1.56. The second-order valence-electron chi connectivity index (χ2n) is 5.87. The Bertz CT molecular complexity index is 834. The Hall–Kier alpha value is -1.94. The van der Waals surface area contributed by atoms with E-state index in [2.05, 4.69) is 4.72 Å². The maximum absolute atomic E-state index is 12.6. The Labute approximate surface area is 155 Å². The fourth-order valence-electron chi connectivity index (χ4n) is 2.34. The predicted octanol–water partition coefficient (Wildman–Crippen LogP) is 3.04. The molecule has 27 heavy (non-hydrogen) atoms. The number of hydrogen-bond acceptors (Lipinski definition) is 4. The van der Waals surface area contributed by atoms with Crippen LogP contribution in [0.5, 0.6) is 0 Å². The van der Waals surface area contributed by atoms with Crippen molar-refractivity contribution in [3.63, 3.8) is 0 Å². The molecule has 0 heterocycles. The number of nitrogens with one attached hydrogen (secondary N) is 1. The summed E-state index contributed by atoms with van der Waals surface area (Å²) < 4.78 is 70.4. The largest absolute Gasteiger partial charge is 0.416 e. The molecule has 0 radical (unpaired) electrons. The molecule has 2 aromatic rings. The van der Waals surface area contributed by atoms with Gasteiger partial charge < -0.3 is 9.84 Å². The van der Waals surface area contributed by atoms with Gasteiger partial charge in [0.25, 0.3) is 0 Å². The van der Waals surface area contributed by atoms with Gasteiger partial charge >= 0.3 is 6.18 Å². The van der Waals surface area contributed by atoms with Crippen LogP contribution in [-0.2, 0) is 20.9 Å². The number of rotatable bonds is 8. The van der Waals surface area contributed by atoms with Crippen molar-refractivity contribution in [3.8, 4) is 0 Å². The van der Waals surface area contributed by atoms with Gasteiger partial charge in [0.1, 0.15) is 0 Å². The Morgan fingerprint density at radius 2 is 1.67 bits per heavy atom. The highest BCUT2D eigenvalue weighted by Gasteiger charge is 2.30. The summed E-state index contributed by atoms with van der Waals surface area (Å²) in [5, 5.41) is 8.95. The minimum Gasteiger partial charge on any atom is -0.394 e.